The van der Waals surface area contributed by atoms with Gasteiger partial charge in [0.25, 0.3) is 0 Å². The van der Waals surface area contributed by atoms with Gasteiger partial charge in [-0.3, -0.25) is 4.79 Å². The minimum Gasteiger partial charge on any atom is -0.369 e. The van der Waals surface area contributed by atoms with Crippen molar-refractivity contribution in [1.82, 2.24) is 9.97 Å². The molecule has 1 aromatic heterocycles. The number of hydrogen-bond donors (Lipinski definition) is 2. The Balaban J connectivity index is 2.34. The predicted octanol–water partition coefficient (Wildman–Crippen LogP) is 1.22. The maximum absolute atomic E-state index is 11.7. The molecule has 4 heteroatoms. The lowest BCUT2D eigenvalue weighted by Gasteiger charge is -1.95. The monoisotopic (exact) mass is 187 g/mol. The molecule has 0 fully saturated rings. The molecule has 0 spiro atoms. The zero-order chi connectivity index (χ0) is 9.97. The van der Waals surface area contributed by atoms with Gasteiger partial charge in [-0.25, -0.2) is 4.98 Å². The third-order valence-corrected chi connectivity index (χ3v) is 1.88. The Morgan fingerprint density at radius 1 is 1.29 bits per heavy atom. The number of rotatable bonds is 2. The van der Waals surface area contributed by atoms with E-state index in [-0.39, 0.29) is 11.7 Å². The Morgan fingerprint density at radius 3 is 2.57 bits per heavy atom. The van der Waals surface area contributed by atoms with Crippen LogP contribution in [0, 0.1) is 0 Å². The fraction of sp³-hybridized carbons (Fsp3) is 0. The van der Waals surface area contributed by atoms with E-state index in [1.165, 1.54) is 6.20 Å². The van der Waals surface area contributed by atoms with Gasteiger partial charge in [0.1, 0.15) is 5.69 Å². The number of aromatic nitrogens is 2. The van der Waals surface area contributed by atoms with E-state index >= 15 is 0 Å². The van der Waals surface area contributed by atoms with Crippen LogP contribution in [0.4, 0.5) is 5.95 Å². The highest BCUT2D eigenvalue weighted by molar-refractivity contribution is 6.07. The molecule has 0 aliphatic carbocycles. The van der Waals surface area contributed by atoms with Gasteiger partial charge in [-0.05, 0) is 0 Å². The first-order valence-electron chi connectivity index (χ1n) is 4.17. The summed E-state index contributed by atoms with van der Waals surface area (Å²) in [5.41, 5.74) is 6.41. The van der Waals surface area contributed by atoms with Crippen LogP contribution in [0.25, 0.3) is 0 Å². The molecule has 0 aliphatic heterocycles. The van der Waals surface area contributed by atoms with Gasteiger partial charge in [-0.2, -0.15) is 0 Å². The number of nitrogens with two attached hydrogens (primary N) is 1. The molecule has 0 unspecified atom stereocenters. The van der Waals surface area contributed by atoms with E-state index in [0.717, 1.165) is 0 Å². The van der Waals surface area contributed by atoms with Crippen molar-refractivity contribution < 1.29 is 4.79 Å². The van der Waals surface area contributed by atoms with Crippen molar-refractivity contribution in [3.05, 3.63) is 47.8 Å². The molecule has 0 aliphatic rings. The lowest BCUT2D eigenvalue weighted by molar-refractivity contribution is 0.103. The van der Waals surface area contributed by atoms with Crippen molar-refractivity contribution in [2.75, 3.05) is 5.73 Å². The van der Waals surface area contributed by atoms with E-state index in [2.05, 4.69) is 9.97 Å². The van der Waals surface area contributed by atoms with Gasteiger partial charge in [0.05, 0.1) is 6.20 Å². The Hall–Kier alpha value is -2.10. The number of imidazole rings is 1. The van der Waals surface area contributed by atoms with Gasteiger partial charge in [0, 0.05) is 5.56 Å². The number of hydrogen-bond acceptors (Lipinski definition) is 3. The molecule has 3 N–H and O–H groups in total. The highest BCUT2D eigenvalue weighted by Crippen LogP contribution is 2.07. The van der Waals surface area contributed by atoms with Crippen LogP contribution in [0.5, 0.6) is 0 Å². The Bertz CT molecular complexity index is 447. The number of H-pyrrole nitrogens is 1. The van der Waals surface area contributed by atoms with Crippen LogP contribution in [-0.4, -0.2) is 15.8 Å². The van der Waals surface area contributed by atoms with Gasteiger partial charge in [0.15, 0.2) is 5.95 Å². The van der Waals surface area contributed by atoms with Crippen LogP contribution in [0.1, 0.15) is 16.1 Å². The van der Waals surface area contributed by atoms with Crippen molar-refractivity contribution in [1.29, 1.82) is 0 Å². The fourth-order valence-corrected chi connectivity index (χ4v) is 1.20. The second-order valence-corrected chi connectivity index (χ2v) is 2.88. The Labute approximate surface area is 80.8 Å². The van der Waals surface area contributed by atoms with Crippen LogP contribution < -0.4 is 5.73 Å². The van der Waals surface area contributed by atoms with Crippen LogP contribution in [-0.2, 0) is 0 Å². The molecule has 0 atom stereocenters. The van der Waals surface area contributed by atoms with Crippen LogP contribution >= 0.6 is 0 Å². The van der Waals surface area contributed by atoms with E-state index < -0.39 is 0 Å². The number of aromatic amines is 1. The summed E-state index contributed by atoms with van der Waals surface area (Å²) < 4.78 is 0. The molecule has 14 heavy (non-hydrogen) atoms. The number of anilines is 1. The molecule has 2 aromatic rings. The highest BCUT2D eigenvalue weighted by Gasteiger charge is 2.10. The standard InChI is InChI=1S/C10H9N3O/c11-10-12-6-8(13-10)9(14)7-4-2-1-3-5-7/h1-6H,(H3,11,12,13). The summed E-state index contributed by atoms with van der Waals surface area (Å²) in [4.78, 5) is 18.2. The molecule has 70 valence electrons. The third-order valence-electron chi connectivity index (χ3n) is 1.88. The number of nitrogen functional groups attached to an aromatic ring is 1. The van der Waals surface area contributed by atoms with Gasteiger partial charge in [0.2, 0.25) is 5.78 Å². The number of benzene rings is 1. The normalized spacial score (nSPS) is 10.0. The van der Waals surface area contributed by atoms with Crippen molar-refractivity contribution in [2.45, 2.75) is 0 Å². The molecule has 1 heterocycles. The first-order valence-corrected chi connectivity index (χ1v) is 4.17. The maximum Gasteiger partial charge on any atom is 0.210 e. The third kappa shape index (κ3) is 1.50. The first kappa shape index (κ1) is 8.50. The van der Waals surface area contributed by atoms with Gasteiger partial charge < -0.3 is 10.7 Å². The molecule has 0 saturated carbocycles. The van der Waals surface area contributed by atoms with Crippen molar-refractivity contribution >= 4 is 11.7 Å². The van der Waals surface area contributed by atoms with Crippen molar-refractivity contribution in [2.24, 2.45) is 0 Å². The largest absolute Gasteiger partial charge is 0.369 e. The Kier molecular flexibility index (Phi) is 2.02. The van der Waals surface area contributed by atoms with E-state index in [1.54, 1.807) is 12.1 Å². The second-order valence-electron chi connectivity index (χ2n) is 2.88. The minimum absolute atomic E-state index is 0.102. The SMILES string of the molecule is Nc1ncc(C(=O)c2ccccc2)[nH]1. The summed E-state index contributed by atoms with van der Waals surface area (Å²) in [6, 6.07) is 8.98. The smallest absolute Gasteiger partial charge is 0.210 e. The van der Waals surface area contributed by atoms with E-state index in [9.17, 15) is 4.79 Å². The molecular weight excluding hydrogens is 178 g/mol. The van der Waals surface area contributed by atoms with E-state index in [4.69, 9.17) is 5.73 Å². The molecule has 2 rings (SSSR count). The predicted molar refractivity (Wildman–Crippen MR) is 52.9 cm³/mol. The first-order chi connectivity index (χ1) is 6.77. The topological polar surface area (TPSA) is 71.8 Å². The van der Waals surface area contributed by atoms with E-state index in [1.807, 2.05) is 18.2 Å². The Morgan fingerprint density at radius 2 is 2.00 bits per heavy atom. The zero-order valence-electron chi connectivity index (χ0n) is 7.40. The summed E-state index contributed by atoms with van der Waals surface area (Å²) in [6.45, 7) is 0. The molecule has 0 radical (unpaired) electrons. The van der Waals surface area contributed by atoms with Crippen LogP contribution in [0.15, 0.2) is 36.5 Å². The summed E-state index contributed by atoms with van der Waals surface area (Å²) in [5.74, 6) is 0.152. The molecule has 1 aromatic carbocycles. The number of carbonyl (C=O) groups excluding carboxylic acids is 1. The van der Waals surface area contributed by atoms with Crippen molar-refractivity contribution in [3.8, 4) is 0 Å². The maximum atomic E-state index is 11.7. The molecule has 4 nitrogen and oxygen atoms in total. The lowest BCUT2D eigenvalue weighted by atomic mass is 10.1. The number of ketones is 1. The van der Waals surface area contributed by atoms with Gasteiger partial charge in [-0.1, -0.05) is 30.3 Å². The summed E-state index contributed by atoms with van der Waals surface area (Å²) in [5, 5.41) is 0. The minimum atomic E-state index is -0.102. The zero-order valence-corrected chi connectivity index (χ0v) is 7.40. The van der Waals surface area contributed by atoms with Crippen LogP contribution in [0.2, 0.25) is 0 Å². The number of nitrogens with zero attached hydrogens (tertiary/aromatic N) is 1. The molecule has 0 bridgehead atoms. The van der Waals surface area contributed by atoms with Gasteiger partial charge >= 0.3 is 0 Å². The number of nitrogens with one attached hydrogen (secondary N) is 1. The van der Waals surface area contributed by atoms with E-state index in [0.29, 0.717) is 11.3 Å². The highest BCUT2D eigenvalue weighted by atomic mass is 16.1. The summed E-state index contributed by atoms with van der Waals surface area (Å²) >= 11 is 0. The van der Waals surface area contributed by atoms with Crippen LogP contribution in [0.3, 0.4) is 0 Å². The lowest BCUT2D eigenvalue weighted by Crippen LogP contribution is -2.01. The summed E-state index contributed by atoms with van der Waals surface area (Å²) in [7, 11) is 0. The fourth-order valence-electron chi connectivity index (χ4n) is 1.20. The van der Waals surface area contributed by atoms with Crippen molar-refractivity contribution in [3.63, 3.8) is 0 Å². The summed E-state index contributed by atoms with van der Waals surface area (Å²) in [6.07, 6.45) is 1.44. The molecule has 0 amide bonds. The number of carbonyl (C=O) groups is 1. The molecule has 0 saturated heterocycles. The quantitative estimate of drug-likeness (QED) is 0.694. The second kappa shape index (κ2) is 3.33. The van der Waals surface area contributed by atoms with Gasteiger partial charge in [-0.15, -0.1) is 0 Å². The molecular formula is C10H9N3O. The average Bonchev–Trinajstić information content (AvgIpc) is 2.65. The average molecular weight is 187 g/mol.